The maximum absolute atomic E-state index is 11.9. The highest BCUT2D eigenvalue weighted by Gasteiger charge is 2.14. The van der Waals surface area contributed by atoms with Crippen LogP contribution < -0.4 is 10.6 Å². The third-order valence-corrected chi connectivity index (χ3v) is 4.58. The molecule has 0 bridgehead atoms. The van der Waals surface area contributed by atoms with Gasteiger partial charge in [-0.1, -0.05) is 0 Å². The number of nitrogens with zero attached hydrogens (tertiary/aromatic N) is 3. The Morgan fingerprint density at radius 2 is 1.78 bits per heavy atom. The average molecular weight is 263 g/mol. The molecule has 2 aromatic heterocycles. The van der Waals surface area contributed by atoms with Crippen LogP contribution in [0.1, 0.15) is 19.3 Å². The fourth-order valence-electron chi connectivity index (χ4n) is 2.36. The Morgan fingerprint density at radius 3 is 2.44 bits per heavy atom. The van der Waals surface area contributed by atoms with Crippen molar-refractivity contribution in [3.63, 3.8) is 0 Å². The van der Waals surface area contributed by atoms with Gasteiger partial charge in [0.25, 0.3) is 0 Å². The third kappa shape index (κ3) is 1.99. The monoisotopic (exact) mass is 263 g/mol. The van der Waals surface area contributed by atoms with Crippen LogP contribution in [-0.4, -0.2) is 22.2 Å². The maximum atomic E-state index is 11.9. The van der Waals surface area contributed by atoms with Gasteiger partial charge in [-0.05, 0) is 31.4 Å². The molecule has 1 saturated heterocycles. The van der Waals surface area contributed by atoms with Crippen molar-refractivity contribution in [3.05, 3.63) is 35.0 Å². The Balaban J connectivity index is 1.89. The Hall–Kier alpha value is -1.49. The van der Waals surface area contributed by atoms with Crippen molar-refractivity contribution in [3.8, 4) is 5.00 Å². The quantitative estimate of drug-likeness (QED) is 0.831. The van der Waals surface area contributed by atoms with Gasteiger partial charge in [0, 0.05) is 32.5 Å². The van der Waals surface area contributed by atoms with Crippen LogP contribution in [0.5, 0.6) is 0 Å². The van der Waals surface area contributed by atoms with Gasteiger partial charge in [0.05, 0.1) is 5.00 Å². The van der Waals surface area contributed by atoms with E-state index in [0.29, 0.717) is 0 Å². The van der Waals surface area contributed by atoms with Crippen LogP contribution in [-0.2, 0) is 7.05 Å². The largest absolute Gasteiger partial charge is 0.363 e. The first-order valence-electron chi connectivity index (χ1n) is 6.35. The Labute approximate surface area is 110 Å². The summed E-state index contributed by atoms with van der Waals surface area (Å²) >= 11 is 1.70. The average Bonchev–Trinajstić information content (AvgIpc) is 3.00. The van der Waals surface area contributed by atoms with Crippen LogP contribution in [0.15, 0.2) is 29.3 Å². The van der Waals surface area contributed by atoms with E-state index in [2.05, 4.69) is 11.0 Å². The molecule has 0 saturated carbocycles. The van der Waals surface area contributed by atoms with Crippen molar-refractivity contribution in [1.29, 1.82) is 0 Å². The summed E-state index contributed by atoms with van der Waals surface area (Å²) in [5.41, 5.74) is 0.0158. The third-order valence-electron chi connectivity index (χ3n) is 3.43. The molecule has 96 valence electrons. The van der Waals surface area contributed by atoms with Gasteiger partial charge in [-0.25, -0.2) is 4.79 Å². The standard InChI is InChI=1S/C13H17N3OS/c1-14-9-10-16(13(14)17)12-6-5-11(18-12)15-7-3-2-4-8-15/h5-6,9-10H,2-4,7-8H2,1H3. The number of piperidine rings is 1. The molecular formula is C13H17N3OS. The first-order chi connectivity index (χ1) is 8.75. The zero-order valence-corrected chi connectivity index (χ0v) is 11.3. The van der Waals surface area contributed by atoms with Crippen LogP contribution in [0.25, 0.3) is 5.00 Å². The van der Waals surface area contributed by atoms with Crippen molar-refractivity contribution in [2.24, 2.45) is 7.05 Å². The fourth-order valence-corrected chi connectivity index (χ4v) is 3.40. The molecule has 0 spiro atoms. The van der Waals surface area contributed by atoms with Crippen LogP contribution in [0.3, 0.4) is 0 Å². The molecule has 0 aromatic carbocycles. The summed E-state index contributed by atoms with van der Waals surface area (Å²) in [7, 11) is 1.78. The van der Waals surface area contributed by atoms with E-state index in [1.165, 1.54) is 24.3 Å². The summed E-state index contributed by atoms with van der Waals surface area (Å²) in [5.74, 6) is 0. The predicted molar refractivity (Wildman–Crippen MR) is 75.0 cm³/mol. The lowest BCUT2D eigenvalue weighted by atomic mass is 10.1. The second kappa shape index (κ2) is 4.65. The molecule has 0 radical (unpaired) electrons. The SMILES string of the molecule is Cn1ccn(-c2ccc(N3CCCCC3)s2)c1=O. The van der Waals surface area contributed by atoms with E-state index in [0.717, 1.165) is 18.1 Å². The molecule has 0 N–H and O–H groups in total. The summed E-state index contributed by atoms with van der Waals surface area (Å²) in [4.78, 5) is 14.3. The summed E-state index contributed by atoms with van der Waals surface area (Å²) in [6.45, 7) is 2.29. The highest BCUT2D eigenvalue weighted by atomic mass is 32.1. The van der Waals surface area contributed by atoms with Crippen LogP contribution >= 0.6 is 11.3 Å². The second-order valence-corrected chi connectivity index (χ2v) is 5.76. The molecule has 3 rings (SSSR count). The summed E-state index contributed by atoms with van der Waals surface area (Å²) in [6, 6.07) is 4.17. The molecule has 18 heavy (non-hydrogen) atoms. The number of thiophene rings is 1. The lowest BCUT2D eigenvalue weighted by molar-refractivity contribution is 0.580. The summed E-state index contributed by atoms with van der Waals surface area (Å²) in [5, 5.41) is 2.28. The van der Waals surface area contributed by atoms with Crippen molar-refractivity contribution in [1.82, 2.24) is 9.13 Å². The maximum Gasteiger partial charge on any atom is 0.333 e. The topological polar surface area (TPSA) is 30.2 Å². The van der Waals surface area contributed by atoms with E-state index in [9.17, 15) is 4.79 Å². The van der Waals surface area contributed by atoms with Gasteiger partial charge < -0.3 is 9.47 Å². The van der Waals surface area contributed by atoms with Crippen molar-refractivity contribution in [2.45, 2.75) is 19.3 Å². The highest BCUT2D eigenvalue weighted by molar-refractivity contribution is 7.18. The number of hydrogen-bond donors (Lipinski definition) is 0. The number of aryl methyl sites for hydroxylation is 1. The molecule has 5 heteroatoms. The van der Waals surface area contributed by atoms with Gasteiger partial charge in [0.1, 0.15) is 5.00 Å². The van der Waals surface area contributed by atoms with E-state index < -0.39 is 0 Å². The first-order valence-corrected chi connectivity index (χ1v) is 7.16. The minimum absolute atomic E-state index is 0.0158. The Kier molecular flexibility index (Phi) is 2.99. The number of imidazole rings is 1. The molecule has 1 aliphatic heterocycles. The van der Waals surface area contributed by atoms with E-state index in [1.807, 2.05) is 12.3 Å². The van der Waals surface area contributed by atoms with Gasteiger partial charge in [0.15, 0.2) is 0 Å². The summed E-state index contributed by atoms with van der Waals surface area (Å²) in [6.07, 6.45) is 7.51. The number of rotatable bonds is 2. The van der Waals surface area contributed by atoms with Crippen molar-refractivity contribution < 1.29 is 0 Å². The molecular weight excluding hydrogens is 246 g/mol. The number of aromatic nitrogens is 2. The molecule has 0 atom stereocenters. The van der Waals surface area contributed by atoms with E-state index in [-0.39, 0.29) is 5.69 Å². The molecule has 4 nitrogen and oxygen atoms in total. The van der Waals surface area contributed by atoms with E-state index >= 15 is 0 Å². The van der Waals surface area contributed by atoms with Gasteiger partial charge in [-0.2, -0.15) is 0 Å². The van der Waals surface area contributed by atoms with Crippen molar-refractivity contribution in [2.75, 3.05) is 18.0 Å². The zero-order valence-electron chi connectivity index (χ0n) is 10.5. The van der Waals surface area contributed by atoms with Crippen LogP contribution in [0.2, 0.25) is 0 Å². The lowest BCUT2D eigenvalue weighted by Gasteiger charge is -2.26. The highest BCUT2D eigenvalue weighted by Crippen LogP contribution is 2.30. The van der Waals surface area contributed by atoms with Crippen LogP contribution in [0.4, 0.5) is 5.00 Å². The van der Waals surface area contributed by atoms with E-state index in [4.69, 9.17) is 0 Å². The fraction of sp³-hybridized carbons (Fsp3) is 0.462. The minimum atomic E-state index is 0.0158. The second-order valence-electron chi connectivity index (χ2n) is 4.72. The molecule has 0 unspecified atom stereocenters. The van der Waals surface area contributed by atoms with Gasteiger partial charge >= 0.3 is 5.69 Å². The number of anilines is 1. The molecule has 0 aliphatic carbocycles. The summed E-state index contributed by atoms with van der Waals surface area (Å²) < 4.78 is 3.30. The van der Waals surface area contributed by atoms with Gasteiger partial charge in [-0.3, -0.25) is 4.57 Å². The van der Waals surface area contributed by atoms with Crippen LogP contribution in [0, 0.1) is 0 Å². The molecule has 1 fully saturated rings. The Bertz CT molecular complexity index is 589. The van der Waals surface area contributed by atoms with Gasteiger partial charge in [-0.15, -0.1) is 11.3 Å². The minimum Gasteiger partial charge on any atom is -0.363 e. The zero-order chi connectivity index (χ0) is 12.5. The first kappa shape index (κ1) is 11.6. The van der Waals surface area contributed by atoms with Crippen molar-refractivity contribution >= 4 is 16.3 Å². The normalized spacial score (nSPS) is 16.2. The Morgan fingerprint density at radius 1 is 1.06 bits per heavy atom. The lowest BCUT2D eigenvalue weighted by Crippen LogP contribution is -2.28. The molecule has 1 aliphatic rings. The predicted octanol–water partition coefficient (Wildman–Crippen LogP) is 2.23. The number of hydrogen-bond acceptors (Lipinski definition) is 3. The van der Waals surface area contributed by atoms with E-state index in [1.54, 1.807) is 33.7 Å². The molecule has 2 aromatic rings. The molecule has 3 heterocycles. The molecule has 0 amide bonds. The smallest absolute Gasteiger partial charge is 0.333 e. The van der Waals surface area contributed by atoms with Gasteiger partial charge in [0.2, 0.25) is 0 Å².